The summed E-state index contributed by atoms with van der Waals surface area (Å²) < 4.78 is 0. The second-order valence-corrected chi connectivity index (χ2v) is 40.0. The van der Waals surface area contributed by atoms with Crippen molar-refractivity contribution in [2.75, 3.05) is 0 Å². The Morgan fingerprint density at radius 3 is 0.528 bits per heavy atom. The molecule has 0 aliphatic heterocycles. The Bertz CT molecular complexity index is 6020. The maximum absolute atomic E-state index is 4.77. The zero-order valence-corrected chi connectivity index (χ0v) is 79.2. The first kappa shape index (κ1) is 89.0. The topological polar surface area (TPSA) is 38.7 Å². The molecule has 0 unspecified atom stereocenters. The molecule has 0 saturated carbocycles. The summed E-state index contributed by atoms with van der Waals surface area (Å²) in [6.45, 7) is 40.7. The predicted molar refractivity (Wildman–Crippen MR) is 539 cm³/mol. The first-order valence-electron chi connectivity index (χ1n) is 44.4. The van der Waals surface area contributed by atoms with E-state index in [2.05, 4.69) is 470 Å². The quantitative estimate of drug-likeness (QED) is 0.114. The molecule has 18 rings (SSSR count). The fourth-order valence-corrected chi connectivity index (χ4v) is 16.7. The predicted octanol–water partition coefficient (Wildman–Crippen LogP) is 33.9. The van der Waals surface area contributed by atoms with Crippen LogP contribution in [0.5, 0.6) is 0 Å². The van der Waals surface area contributed by atoms with Crippen LogP contribution in [-0.2, 0) is 52.6 Å². The fourth-order valence-electron chi connectivity index (χ4n) is 16.7. The van der Waals surface area contributed by atoms with Crippen molar-refractivity contribution in [1.29, 1.82) is 0 Å². The molecule has 15 aromatic carbocycles. The first-order valence-corrected chi connectivity index (χ1v) is 44.4. The van der Waals surface area contributed by atoms with Gasteiger partial charge < -0.3 is 15.0 Å². The number of hydrogen-bond donors (Lipinski definition) is 0. The van der Waals surface area contributed by atoms with Crippen molar-refractivity contribution in [3.63, 3.8) is 0 Å². The van der Waals surface area contributed by atoms with Crippen molar-refractivity contribution < 1.29 is 20.1 Å². The number of rotatable bonds is 12. The molecular formula is C123H114IrN3. The van der Waals surface area contributed by atoms with Gasteiger partial charge in [-0.15, -0.1) is 106 Å². The standard InChI is InChI=1S/3C41H38N.Ir/c3*1-40(2,3)36-18-14-28(15-19-36)33-25-34(29-16-20-37(21-17-29)41(4,5)6)27-35(26-33)31-11-9-12-32(24-31)39-38-13-8-7-10-30(38)22-23-42-39;/h3*7-11,13-27H,1-6H3;/q3*-1;+3. The van der Waals surface area contributed by atoms with Crippen molar-refractivity contribution in [3.8, 4) is 134 Å². The molecule has 127 heavy (non-hydrogen) atoms. The van der Waals surface area contributed by atoms with Gasteiger partial charge in [0.05, 0.1) is 0 Å². The number of nitrogens with zero attached hydrogens (tertiary/aromatic N) is 3. The van der Waals surface area contributed by atoms with Crippen LogP contribution in [0.4, 0.5) is 0 Å². The molecule has 3 heterocycles. The van der Waals surface area contributed by atoms with E-state index in [1.165, 1.54) is 133 Å². The van der Waals surface area contributed by atoms with Gasteiger partial charge in [0.25, 0.3) is 0 Å². The van der Waals surface area contributed by atoms with E-state index >= 15 is 0 Å². The molecule has 0 saturated heterocycles. The van der Waals surface area contributed by atoms with Gasteiger partial charge >= 0.3 is 20.1 Å². The third kappa shape index (κ3) is 20.7. The van der Waals surface area contributed by atoms with E-state index in [0.717, 1.165) is 66.6 Å². The second kappa shape index (κ2) is 36.6. The molecule has 3 nitrogen and oxygen atoms in total. The van der Waals surface area contributed by atoms with Gasteiger partial charge in [-0.2, -0.15) is 0 Å². The number of pyridine rings is 3. The van der Waals surface area contributed by atoms with Gasteiger partial charge in [0.15, 0.2) is 0 Å². The summed E-state index contributed by atoms with van der Waals surface area (Å²) in [5.74, 6) is 0. The number of fused-ring (bicyclic) bond motifs is 3. The molecule has 0 N–H and O–H groups in total. The van der Waals surface area contributed by atoms with Crippen LogP contribution in [0, 0.1) is 18.2 Å². The van der Waals surface area contributed by atoms with E-state index in [0.29, 0.717) is 0 Å². The van der Waals surface area contributed by atoms with Crippen LogP contribution in [0.15, 0.2) is 364 Å². The van der Waals surface area contributed by atoms with Crippen LogP contribution in [-0.4, -0.2) is 15.0 Å². The molecule has 0 amide bonds. The van der Waals surface area contributed by atoms with Gasteiger partial charge in [0.1, 0.15) is 0 Å². The molecule has 0 bridgehead atoms. The number of hydrogen-bond acceptors (Lipinski definition) is 3. The van der Waals surface area contributed by atoms with Crippen molar-refractivity contribution in [2.45, 2.75) is 157 Å². The summed E-state index contributed by atoms with van der Waals surface area (Å²) in [5.41, 5.74) is 36.2. The molecule has 0 fully saturated rings. The van der Waals surface area contributed by atoms with Gasteiger partial charge in [-0.25, -0.2) is 0 Å². The second-order valence-electron chi connectivity index (χ2n) is 40.0. The van der Waals surface area contributed by atoms with Crippen molar-refractivity contribution in [3.05, 3.63) is 416 Å². The summed E-state index contributed by atoms with van der Waals surface area (Å²) >= 11 is 0. The van der Waals surface area contributed by atoms with Crippen LogP contribution in [0.25, 0.3) is 166 Å². The minimum atomic E-state index is 0. The minimum Gasteiger partial charge on any atom is -0.304 e. The first-order chi connectivity index (χ1) is 60.2. The molecule has 4 heteroatoms. The zero-order valence-electron chi connectivity index (χ0n) is 76.8. The summed E-state index contributed by atoms with van der Waals surface area (Å²) in [4.78, 5) is 14.3. The van der Waals surface area contributed by atoms with Crippen molar-refractivity contribution in [1.82, 2.24) is 15.0 Å². The normalized spacial score (nSPS) is 12.0. The van der Waals surface area contributed by atoms with Crippen LogP contribution >= 0.6 is 0 Å². The van der Waals surface area contributed by atoms with E-state index in [1.807, 2.05) is 36.8 Å². The van der Waals surface area contributed by atoms with E-state index in [9.17, 15) is 0 Å². The number of benzene rings is 15. The van der Waals surface area contributed by atoms with Gasteiger partial charge in [-0.1, -0.05) is 343 Å². The van der Waals surface area contributed by atoms with Crippen molar-refractivity contribution >= 4 is 32.3 Å². The summed E-state index contributed by atoms with van der Waals surface area (Å²) in [5, 5.41) is 6.97. The molecule has 0 aliphatic rings. The molecule has 0 radical (unpaired) electrons. The van der Waals surface area contributed by atoms with Gasteiger partial charge in [-0.3, -0.25) is 0 Å². The smallest absolute Gasteiger partial charge is 0.304 e. The monoisotopic (exact) mass is 1830 g/mol. The average molecular weight is 1830 g/mol. The third-order valence-corrected chi connectivity index (χ3v) is 24.5. The van der Waals surface area contributed by atoms with Gasteiger partial charge in [-0.05, 0) is 272 Å². The maximum Gasteiger partial charge on any atom is 3.00 e. The Morgan fingerprint density at radius 1 is 0.173 bits per heavy atom. The Labute approximate surface area is 768 Å². The molecule has 630 valence electrons. The Balaban J connectivity index is 0.000000146. The van der Waals surface area contributed by atoms with Crippen LogP contribution in [0.3, 0.4) is 0 Å². The van der Waals surface area contributed by atoms with Gasteiger partial charge in [0, 0.05) is 18.6 Å². The van der Waals surface area contributed by atoms with Gasteiger partial charge in [0.2, 0.25) is 0 Å². The molecule has 0 aliphatic carbocycles. The Hall–Kier alpha value is -12.8. The molecule has 18 aromatic rings. The molecule has 3 aromatic heterocycles. The minimum absolute atomic E-state index is 0. The fraction of sp³-hybridized carbons (Fsp3) is 0.195. The third-order valence-electron chi connectivity index (χ3n) is 24.5. The van der Waals surface area contributed by atoms with Crippen LogP contribution < -0.4 is 0 Å². The summed E-state index contributed by atoms with van der Waals surface area (Å²) in [7, 11) is 0. The van der Waals surface area contributed by atoms with E-state index in [4.69, 9.17) is 15.0 Å². The van der Waals surface area contributed by atoms with Crippen molar-refractivity contribution in [2.24, 2.45) is 0 Å². The van der Waals surface area contributed by atoms with Crippen LogP contribution in [0.2, 0.25) is 0 Å². The summed E-state index contributed by atoms with van der Waals surface area (Å²) in [6, 6.07) is 136. The Morgan fingerprint density at radius 2 is 0.346 bits per heavy atom. The van der Waals surface area contributed by atoms with E-state index in [1.54, 1.807) is 0 Å². The molecule has 0 atom stereocenters. The Kier molecular flexibility index (Phi) is 25.7. The molecule has 0 spiro atoms. The van der Waals surface area contributed by atoms with Crippen LogP contribution in [0.1, 0.15) is 158 Å². The SMILES string of the molecule is CC(C)(C)c1ccc(-c2cc(-c3ccc(C(C)(C)C)cc3)cc(-c3cc[c-]c(-c4nccc5ccccc45)c3)c2)cc1.CC(C)(C)c1ccc(-c2cc(-c3ccc(C(C)(C)C)cc3)cc(-c3cc[c-]c(-c4nccc5ccccc45)c3)c2)cc1.CC(C)(C)c1ccc(-c2cc(-c3ccc(C(C)(C)C)cc3)cc(-c3cc[c-]c(-c4nccc5ccccc45)c3)c2)cc1.[Ir+3]. The maximum atomic E-state index is 4.77. The van der Waals surface area contributed by atoms with E-state index < -0.39 is 0 Å². The summed E-state index contributed by atoms with van der Waals surface area (Å²) in [6.07, 6.45) is 5.66. The molecular weight excluding hydrogens is 1710 g/mol. The van der Waals surface area contributed by atoms with E-state index in [-0.39, 0.29) is 52.6 Å². The average Bonchev–Trinajstić information content (AvgIpc) is 0.785. The number of aromatic nitrogens is 3. The largest absolute Gasteiger partial charge is 3.00 e. The zero-order chi connectivity index (χ0) is 88.5.